The molecule has 158 valence electrons. The van der Waals surface area contributed by atoms with E-state index in [9.17, 15) is 0 Å². The summed E-state index contributed by atoms with van der Waals surface area (Å²) in [4.78, 5) is 0. The van der Waals surface area contributed by atoms with Gasteiger partial charge in [0.05, 0.1) is 16.7 Å². The molecule has 0 aliphatic heterocycles. The van der Waals surface area contributed by atoms with Crippen LogP contribution in [0.25, 0.3) is 69.2 Å². The fourth-order valence-electron chi connectivity index (χ4n) is 5.69. The van der Waals surface area contributed by atoms with E-state index in [-0.39, 0.29) is 0 Å². The Bertz CT molecular complexity index is 2060. The topological polar surface area (TPSA) is 4.93 Å². The number of fused-ring (bicyclic) bond motifs is 10. The van der Waals surface area contributed by atoms with Crippen LogP contribution in [0.15, 0.2) is 115 Å². The molecule has 6 aromatic carbocycles. The van der Waals surface area contributed by atoms with Gasteiger partial charge >= 0.3 is 0 Å². The Morgan fingerprint density at radius 3 is 2.09 bits per heavy atom. The molecule has 2 heterocycles. The molecule has 1 nitrogen and oxygen atoms in total. The molecule has 0 saturated heterocycles. The molecule has 0 radical (unpaired) electrons. The number of hydrogen-bond donors (Lipinski definition) is 0. The van der Waals surface area contributed by atoms with E-state index < -0.39 is 0 Å². The summed E-state index contributed by atoms with van der Waals surface area (Å²) in [6.07, 6.45) is 0. The number of nitrogens with zero attached hydrogens (tertiary/aromatic N) is 1. The highest BCUT2D eigenvalue weighted by molar-refractivity contribution is 7.26. The van der Waals surface area contributed by atoms with Gasteiger partial charge in [-0.25, -0.2) is 0 Å². The van der Waals surface area contributed by atoms with Gasteiger partial charge < -0.3 is 4.57 Å². The molecule has 34 heavy (non-hydrogen) atoms. The fraction of sp³-hybridized carbons (Fsp3) is 0. The molecule has 8 aromatic rings. The molecule has 0 amide bonds. The second kappa shape index (κ2) is 6.69. The third kappa shape index (κ3) is 2.33. The van der Waals surface area contributed by atoms with Crippen molar-refractivity contribution in [3.8, 4) is 5.69 Å². The summed E-state index contributed by atoms with van der Waals surface area (Å²) in [7, 11) is 0. The Labute approximate surface area is 200 Å². The highest BCUT2D eigenvalue weighted by Gasteiger charge is 2.19. The van der Waals surface area contributed by atoms with E-state index in [1.54, 1.807) is 0 Å². The van der Waals surface area contributed by atoms with Crippen LogP contribution >= 0.6 is 11.3 Å². The molecule has 8 rings (SSSR count). The molecule has 0 unspecified atom stereocenters. The van der Waals surface area contributed by atoms with Crippen LogP contribution in [0, 0.1) is 0 Å². The predicted octanol–water partition coefficient (Wildman–Crippen LogP) is 9.46. The first kappa shape index (κ1) is 18.3. The summed E-state index contributed by atoms with van der Waals surface area (Å²) in [5.41, 5.74) is 3.78. The molecule has 0 atom stereocenters. The van der Waals surface area contributed by atoms with Gasteiger partial charge in [-0.15, -0.1) is 11.3 Å². The first-order valence-corrected chi connectivity index (χ1v) is 12.4. The monoisotopic (exact) mass is 449 g/mol. The summed E-state index contributed by atoms with van der Waals surface area (Å²) in [5, 5.41) is 10.5. The minimum absolute atomic E-state index is 1.23. The van der Waals surface area contributed by atoms with Crippen LogP contribution in [-0.2, 0) is 0 Å². The standard InChI is InChI=1S/C32H19NS/c1-2-10-22-20(8-1)9-7-14-27(22)33-28-13-5-3-11-23(28)25-18-16-21-17-19-26-24-12-4-6-15-29(24)34-32(26)30(21)31(25)33/h1-19H. The van der Waals surface area contributed by atoms with Crippen molar-refractivity contribution in [1.82, 2.24) is 4.57 Å². The second-order valence-corrected chi connectivity index (χ2v) is 10.0. The van der Waals surface area contributed by atoms with Crippen molar-refractivity contribution in [2.75, 3.05) is 0 Å². The summed E-state index contributed by atoms with van der Waals surface area (Å²) in [6.45, 7) is 0. The molecule has 0 aliphatic rings. The number of aromatic nitrogens is 1. The van der Waals surface area contributed by atoms with Crippen molar-refractivity contribution >= 4 is 74.9 Å². The molecule has 0 saturated carbocycles. The first-order chi connectivity index (χ1) is 16.9. The molecule has 0 fully saturated rings. The molecule has 0 spiro atoms. The maximum absolute atomic E-state index is 2.50. The minimum Gasteiger partial charge on any atom is -0.308 e. The van der Waals surface area contributed by atoms with Crippen molar-refractivity contribution < 1.29 is 0 Å². The lowest BCUT2D eigenvalue weighted by Crippen LogP contribution is -1.95. The van der Waals surface area contributed by atoms with Gasteiger partial charge in [-0.2, -0.15) is 0 Å². The molecule has 2 aromatic heterocycles. The lowest BCUT2D eigenvalue weighted by atomic mass is 10.0. The normalized spacial score (nSPS) is 12.1. The fourth-order valence-corrected chi connectivity index (χ4v) is 6.95. The zero-order valence-corrected chi connectivity index (χ0v) is 19.1. The number of hydrogen-bond acceptors (Lipinski definition) is 1. The summed E-state index contributed by atoms with van der Waals surface area (Å²) in [5.74, 6) is 0. The van der Waals surface area contributed by atoms with Gasteiger partial charge in [0.2, 0.25) is 0 Å². The van der Waals surface area contributed by atoms with E-state index >= 15 is 0 Å². The average molecular weight is 450 g/mol. The summed E-state index contributed by atoms with van der Waals surface area (Å²) >= 11 is 1.91. The van der Waals surface area contributed by atoms with E-state index in [1.807, 2.05) is 11.3 Å². The molecule has 0 bridgehead atoms. The molecular weight excluding hydrogens is 430 g/mol. The van der Waals surface area contributed by atoms with Gasteiger partial charge in [0.25, 0.3) is 0 Å². The lowest BCUT2D eigenvalue weighted by molar-refractivity contribution is 1.21. The number of para-hydroxylation sites is 1. The highest BCUT2D eigenvalue weighted by atomic mass is 32.1. The van der Waals surface area contributed by atoms with E-state index in [4.69, 9.17) is 0 Å². The largest absolute Gasteiger partial charge is 0.308 e. The van der Waals surface area contributed by atoms with Crippen molar-refractivity contribution in [1.29, 1.82) is 0 Å². The van der Waals surface area contributed by atoms with Gasteiger partial charge in [-0.3, -0.25) is 0 Å². The molecule has 0 N–H and O–H groups in total. The zero-order valence-electron chi connectivity index (χ0n) is 18.3. The summed E-state index contributed by atoms with van der Waals surface area (Å²) in [6, 6.07) is 42.1. The Kier molecular flexibility index (Phi) is 3.60. The number of thiophene rings is 1. The third-order valence-corrected chi connectivity index (χ3v) is 8.37. The molecular formula is C32H19NS. The minimum atomic E-state index is 1.23. The molecule has 2 heteroatoms. The van der Waals surface area contributed by atoms with E-state index in [2.05, 4.69) is 120 Å². The van der Waals surface area contributed by atoms with Crippen LogP contribution in [0.3, 0.4) is 0 Å². The maximum atomic E-state index is 2.50. The van der Waals surface area contributed by atoms with Gasteiger partial charge in [0.15, 0.2) is 0 Å². The van der Waals surface area contributed by atoms with Crippen molar-refractivity contribution in [3.63, 3.8) is 0 Å². The highest BCUT2D eigenvalue weighted by Crippen LogP contribution is 2.44. The van der Waals surface area contributed by atoms with Crippen LogP contribution in [-0.4, -0.2) is 4.57 Å². The SMILES string of the molecule is c1ccc2c(-n3c4ccccc4c4ccc5ccc6c7ccccc7sc6c5c43)cccc2c1. The van der Waals surface area contributed by atoms with Crippen LogP contribution in [0.1, 0.15) is 0 Å². The molecule has 0 aliphatic carbocycles. The average Bonchev–Trinajstić information content (AvgIpc) is 3.44. The Hall–Kier alpha value is -4.14. The van der Waals surface area contributed by atoms with E-state index in [1.165, 1.54) is 69.2 Å². The predicted molar refractivity (Wildman–Crippen MR) is 149 cm³/mol. The van der Waals surface area contributed by atoms with Crippen LogP contribution in [0.5, 0.6) is 0 Å². The van der Waals surface area contributed by atoms with Gasteiger partial charge in [-0.05, 0) is 29.0 Å². The van der Waals surface area contributed by atoms with Gasteiger partial charge in [0.1, 0.15) is 0 Å². The van der Waals surface area contributed by atoms with Crippen LogP contribution < -0.4 is 0 Å². The number of benzene rings is 6. The maximum Gasteiger partial charge on any atom is 0.0634 e. The van der Waals surface area contributed by atoms with Crippen molar-refractivity contribution in [3.05, 3.63) is 115 Å². The quantitative estimate of drug-likeness (QED) is 0.235. The first-order valence-electron chi connectivity index (χ1n) is 11.6. The smallest absolute Gasteiger partial charge is 0.0634 e. The zero-order chi connectivity index (χ0) is 22.2. The van der Waals surface area contributed by atoms with Crippen LogP contribution in [0.2, 0.25) is 0 Å². The third-order valence-electron chi connectivity index (χ3n) is 7.17. The lowest BCUT2D eigenvalue weighted by Gasteiger charge is -2.13. The second-order valence-electron chi connectivity index (χ2n) is 8.95. The van der Waals surface area contributed by atoms with Crippen molar-refractivity contribution in [2.24, 2.45) is 0 Å². The van der Waals surface area contributed by atoms with E-state index in [0.29, 0.717) is 0 Å². The van der Waals surface area contributed by atoms with E-state index in [0.717, 1.165) is 0 Å². The summed E-state index contributed by atoms with van der Waals surface area (Å²) < 4.78 is 5.21. The van der Waals surface area contributed by atoms with Crippen molar-refractivity contribution in [2.45, 2.75) is 0 Å². The van der Waals surface area contributed by atoms with Crippen LogP contribution in [0.4, 0.5) is 0 Å². The Balaban J connectivity index is 1.68. The Morgan fingerprint density at radius 1 is 0.471 bits per heavy atom. The number of rotatable bonds is 1. The van der Waals surface area contributed by atoms with Gasteiger partial charge in [-0.1, -0.05) is 97.1 Å². The Morgan fingerprint density at radius 2 is 1.18 bits per heavy atom. The van der Waals surface area contributed by atoms with Gasteiger partial charge in [0, 0.05) is 41.7 Å².